The van der Waals surface area contributed by atoms with Gasteiger partial charge in [0.15, 0.2) is 0 Å². The maximum atomic E-state index is 11.4. The van der Waals surface area contributed by atoms with Crippen LogP contribution in [0.3, 0.4) is 0 Å². The molecule has 1 N–H and O–H groups in total. The Morgan fingerprint density at radius 3 is 2.64 bits per heavy atom. The van der Waals surface area contributed by atoms with Gasteiger partial charge in [-0.2, -0.15) is 0 Å². The predicted octanol–water partition coefficient (Wildman–Crippen LogP) is 5.20. The van der Waals surface area contributed by atoms with Gasteiger partial charge in [0, 0.05) is 30.0 Å². The second kappa shape index (κ2) is 10.9. The van der Waals surface area contributed by atoms with Gasteiger partial charge >= 0.3 is 5.97 Å². The van der Waals surface area contributed by atoms with Gasteiger partial charge in [-0.05, 0) is 78.6 Å². The summed E-state index contributed by atoms with van der Waals surface area (Å²) in [4.78, 5) is 15.6. The van der Waals surface area contributed by atoms with E-state index >= 15 is 0 Å². The Morgan fingerprint density at radius 1 is 1.15 bits per heavy atom. The van der Waals surface area contributed by atoms with Gasteiger partial charge in [0.1, 0.15) is 27.4 Å². The number of nitrogens with zero attached hydrogens (tertiary/aromatic N) is 1. The molecule has 2 heterocycles. The third-order valence-electron chi connectivity index (χ3n) is 7.35. The van der Waals surface area contributed by atoms with Crippen LogP contribution in [0.25, 0.3) is 11.1 Å². The van der Waals surface area contributed by atoms with Gasteiger partial charge in [-0.25, -0.2) is 13.4 Å². The van der Waals surface area contributed by atoms with Crippen LogP contribution in [0.15, 0.2) is 42.6 Å². The lowest BCUT2D eigenvalue weighted by Crippen LogP contribution is -2.08. The van der Waals surface area contributed by atoms with Crippen molar-refractivity contribution >= 4 is 15.8 Å². The fraction of sp³-hybridized carbons (Fsp3) is 0.400. The van der Waals surface area contributed by atoms with Gasteiger partial charge < -0.3 is 19.3 Å². The summed E-state index contributed by atoms with van der Waals surface area (Å²) >= 11 is 0. The van der Waals surface area contributed by atoms with E-state index in [0.717, 1.165) is 40.8 Å². The van der Waals surface area contributed by atoms with E-state index in [2.05, 4.69) is 37.0 Å². The molecule has 0 radical (unpaired) electrons. The van der Waals surface area contributed by atoms with E-state index < -0.39 is 15.8 Å². The molecule has 0 spiro atoms. The zero-order valence-corrected chi connectivity index (χ0v) is 23.2. The number of aryl methyl sites for hydroxylation is 2. The van der Waals surface area contributed by atoms with Crippen LogP contribution in [0.1, 0.15) is 59.1 Å². The minimum Gasteiger partial charge on any atom is -0.494 e. The lowest BCUT2D eigenvalue weighted by atomic mass is 9.90. The van der Waals surface area contributed by atoms with Crippen molar-refractivity contribution < 1.29 is 32.5 Å². The highest BCUT2D eigenvalue weighted by Gasteiger charge is 2.30. The summed E-state index contributed by atoms with van der Waals surface area (Å²) in [6, 6.07) is 12.1. The zero-order valence-electron chi connectivity index (χ0n) is 22.4. The average Bonchev–Trinajstić information content (AvgIpc) is 3.45. The molecular formula is C30H33NO7S. The van der Waals surface area contributed by atoms with Crippen molar-refractivity contribution in [3.8, 4) is 28.5 Å². The van der Waals surface area contributed by atoms with Crippen LogP contribution in [0.5, 0.6) is 17.4 Å². The molecule has 8 nitrogen and oxygen atoms in total. The number of ether oxygens (including phenoxy) is 3. The van der Waals surface area contributed by atoms with Crippen molar-refractivity contribution in [1.82, 2.24) is 4.98 Å². The quantitative estimate of drug-likeness (QED) is 0.343. The summed E-state index contributed by atoms with van der Waals surface area (Å²) in [7, 11) is -3.00. The van der Waals surface area contributed by atoms with Crippen LogP contribution in [0, 0.1) is 13.8 Å². The van der Waals surface area contributed by atoms with E-state index in [9.17, 15) is 13.2 Å². The number of hydrogen-bond acceptors (Lipinski definition) is 7. The number of sulfone groups is 1. The van der Waals surface area contributed by atoms with Crippen LogP contribution < -0.4 is 14.2 Å². The molecule has 0 bridgehead atoms. The summed E-state index contributed by atoms with van der Waals surface area (Å²) in [6.45, 7) is 4.83. The number of carboxylic acids is 1. The normalized spacial score (nSPS) is 17.8. The Bertz CT molecular complexity index is 1490. The van der Waals surface area contributed by atoms with Crippen LogP contribution >= 0.6 is 0 Å². The summed E-state index contributed by atoms with van der Waals surface area (Å²) in [5.74, 6) is 0.922. The number of pyridine rings is 1. The molecule has 0 fully saturated rings. The Labute approximate surface area is 228 Å². The van der Waals surface area contributed by atoms with Gasteiger partial charge in [-0.1, -0.05) is 18.2 Å². The summed E-state index contributed by atoms with van der Waals surface area (Å²) in [6.07, 6.45) is 4.95. The molecule has 0 saturated carbocycles. The number of rotatable bonds is 10. The highest BCUT2D eigenvalue weighted by Crippen LogP contribution is 2.43. The number of aliphatic carboxylic acids is 1. The zero-order chi connectivity index (χ0) is 27.7. The molecular weight excluding hydrogens is 518 g/mol. The van der Waals surface area contributed by atoms with Crippen molar-refractivity contribution in [3.63, 3.8) is 0 Å². The molecule has 3 aromatic rings. The Balaban J connectivity index is 1.33. The maximum Gasteiger partial charge on any atom is 0.304 e. The van der Waals surface area contributed by atoms with Crippen molar-refractivity contribution in [2.75, 3.05) is 25.2 Å². The monoisotopic (exact) mass is 551 g/mol. The van der Waals surface area contributed by atoms with E-state index in [-0.39, 0.29) is 24.2 Å². The molecule has 1 aliphatic carbocycles. The lowest BCUT2D eigenvalue weighted by Gasteiger charge is -2.18. The van der Waals surface area contributed by atoms with Gasteiger partial charge in [-0.3, -0.25) is 4.79 Å². The number of carbonyl (C=O) groups is 1. The second-order valence-corrected chi connectivity index (χ2v) is 12.7. The number of benzene rings is 2. The molecule has 0 saturated heterocycles. The van der Waals surface area contributed by atoms with Crippen LogP contribution in [-0.2, 0) is 21.1 Å². The summed E-state index contributed by atoms with van der Waals surface area (Å²) in [5, 5.41) is 9.13. The fourth-order valence-electron chi connectivity index (χ4n) is 5.65. The molecule has 2 aliphatic rings. The van der Waals surface area contributed by atoms with E-state index in [0.29, 0.717) is 31.3 Å². The molecule has 1 aromatic heterocycles. The molecule has 1 aliphatic heterocycles. The minimum absolute atomic E-state index is 0.0166. The number of aromatic nitrogens is 1. The Kier molecular flexibility index (Phi) is 7.53. The van der Waals surface area contributed by atoms with Gasteiger partial charge in [0.05, 0.1) is 25.4 Å². The van der Waals surface area contributed by atoms with Crippen molar-refractivity contribution in [3.05, 3.63) is 70.4 Å². The Hall–Kier alpha value is -3.59. The summed E-state index contributed by atoms with van der Waals surface area (Å²) < 4.78 is 40.6. The number of carboxylic acid groups (broad SMARTS) is 1. The Morgan fingerprint density at radius 2 is 1.92 bits per heavy atom. The molecule has 0 amide bonds. The van der Waals surface area contributed by atoms with Gasteiger partial charge in [-0.15, -0.1) is 0 Å². The smallest absolute Gasteiger partial charge is 0.304 e. The van der Waals surface area contributed by atoms with Crippen molar-refractivity contribution in [1.29, 1.82) is 0 Å². The molecule has 2 aromatic carbocycles. The maximum absolute atomic E-state index is 11.4. The van der Waals surface area contributed by atoms with E-state index in [4.69, 9.17) is 19.3 Å². The topological polar surface area (TPSA) is 112 Å². The first-order chi connectivity index (χ1) is 18.6. The molecule has 9 heteroatoms. The van der Waals surface area contributed by atoms with Crippen LogP contribution in [0.2, 0.25) is 0 Å². The summed E-state index contributed by atoms with van der Waals surface area (Å²) in [5.41, 5.74) is 7.75. The highest BCUT2D eigenvalue weighted by molar-refractivity contribution is 7.90. The van der Waals surface area contributed by atoms with Crippen LogP contribution in [0.4, 0.5) is 0 Å². The first kappa shape index (κ1) is 27.0. The van der Waals surface area contributed by atoms with Gasteiger partial charge in [0.25, 0.3) is 0 Å². The number of hydrogen-bond donors (Lipinski definition) is 1. The van der Waals surface area contributed by atoms with E-state index in [1.165, 1.54) is 22.9 Å². The predicted molar refractivity (Wildman–Crippen MR) is 148 cm³/mol. The number of fused-ring (bicyclic) bond motifs is 2. The molecule has 5 rings (SSSR count). The minimum atomic E-state index is -3.00. The van der Waals surface area contributed by atoms with Crippen molar-refractivity contribution in [2.45, 2.75) is 51.6 Å². The lowest BCUT2D eigenvalue weighted by molar-refractivity contribution is -0.137. The second-order valence-electron chi connectivity index (χ2n) is 10.4. The average molecular weight is 552 g/mol. The molecule has 0 unspecified atom stereocenters. The van der Waals surface area contributed by atoms with Crippen molar-refractivity contribution in [2.24, 2.45) is 0 Å². The first-order valence-electron chi connectivity index (χ1n) is 13.1. The standard InChI is InChI=1S/C30H33NO7S/c1-18-12-21(36-10-5-11-39(3,34)35)13-19(2)30(18)24-7-4-6-23-22(24)8-9-26(23)38-28-15-27-25(16-31-28)20(17-37-27)14-29(32)33/h4,6-7,12-13,15-16,20,26H,5,8-11,14,17H2,1-3H3,(H,32,33)/t20-,26-/m1/s1. The third kappa shape index (κ3) is 6.03. The third-order valence-corrected chi connectivity index (χ3v) is 8.38. The molecule has 39 heavy (non-hydrogen) atoms. The van der Waals surface area contributed by atoms with Crippen LogP contribution in [-0.4, -0.2) is 49.7 Å². The largest absolute Gasteiger partial charge is 0.494 e. The fourth-order valence-corrected chi connectivity index (χ4v) is 6.29. The van der Waals surface area contributed by atoms with E-state index in [1.54, 1.807) is 12.3 Å². The van der Waals surface area contributed by atoms with Gasteiger partial charge in [0.2, 0.25) is 5.88 Å². The molecule has 206 valence electrons. The molecule has 2 atom stereocenters. The highest BCUT2D eigenvalue weighted by atomic mass is 32.2. The first-order valence-corrected chi connectivity index (χ1v) is 15.2. The van der Waals surface area contributed by atoms with E-state index in [1.807, 2.05) is 12.1 Å². The SMILES string of the molecule is Cc1cc(OCCCS(C)(=O)=O)cc(C)c1-c1cccc2c1CC[C@H]2Oc1cc2c(cn1)[C@H](CC(=O)O)CO2.